The van der Waals surface area contributed by atoms with E-state index >= 15 is 0 Å². The maximum atomic E-state index is 6.12. The van der Waals surface area contributed by atoms with Gasteiger partial charge >= 0.3 is 0 Å². The molecular weight excluding hydrogens is 727 g/mol. The number of hydrogen-bond donors (Lipinski definition) is 0. The van der Waals surface area contributed by atoms with Crippen LogP contribution in [0, 0.1) is 0 Å². The van der Waals surface area contributed by atoms with Crippen molar-refractivity contribution in [2.45, 2.75) is 10.8 Å². The van der Waals surface area contributed by atoms with E-state index in [-0.39, 0.29) is 0 Å². The van der Waals surface area contributed by atoms with Gasteiger partial charge in [-0.1, -0.05) is 194 Å². The summed E-state index contributed by atoms with van der Waals surface area (Å²) in [5, 5.41) is 1.06. The zero-order chi connectivity index (χ0) is 39.7. The summed E-state index contributed by atoms with van der Waals surface area (Å²) in [4.78, 5) is 2.50. The molecule has 1 heterocycles. The molecule has 0 spiro atoms. The Morgan fingerprint density at radius 1 is 0.333 bits per heavy atom. The zero-order valence-electron chi connectivity index (χ0n) is 32.9. The summed E-state index contributed by atoms with van der Waals surface area (Å²) in [6.07, 6.45) is 1.81. The highest BCUT2D eigenvalue weighted by molar-refractivity contribution is 6.01. The van der Waals surface area contributed by atoms with Gasteiger partial charge in [-0.05, 0) is 97.6 Å². The van der Waals surface area contributed by atoms with E-state index in [1.807, 2.05) is 6.26 Å². The Morgan fingerprint density at radius 2 is 0.800 bits per heavy atom. The number of anilines is 3. The van der Waals surface area contributed by atoms with Crippen LogP contribution in [0.1, 0.15) is 44.5 Å². The molecule has 2 nitrogen and oxygen atoms in total. The predicted molar refractivity (Wildman–Crippen MR) is 246 cm³/mol. The lowest BCUT2D eigenvalue weighted by Crippen LogP contribution is -2.30. The molecule has 0 bridgehead atoms. The molecule has 12 rings (SSSR count). The Morgan fingerprint density at radius 3 is 1.42 bits per heavy atom. The average Bonchev–Trinajstić information content (AvgIpc) is 4.02. The van der Waals surface area contributed by atoms with Crippen molar-refractivity contribution in [1.29, 1.82) is 0 Å². The van der Waals surface area contributed by atoms with Gasteiger partial charge in [0.15, 0.2) is 0 Å². The summed E-state index contributed by atoms with van der Waals surface area (Å²) >= 11 is 0. The summed E-state index contributed by atoms with van der Waals surface area (Å²) in [7, 11) is 0. The Balaban J connectivity index is 1.19. The highest BCUT2D eigenvalue weighted by atomic mass is 16.3. The van der Waals surface area contributed by atoms with E-state index in [2.05, 4.69) is 235 Å². The standard InChI is InChI=1S/C58H39NO/c1-5-19-40(20-6-1)57(41-21-7-2-8-22-41)50-30-15-14-28-46(50)49-39-44(35-36-52(49)57)59(53-32-18-34-55-48(53)37-38-60-55)54-33-17-29-47-45-27-13-16-31-51(45)58(56(47)54,42-23-9-3-10-24-42)43-25-11-4-12-26-43/h1-39H. The van der Waals surface area contributed by atoms with E-state index in [1.165, 1.54) is 66.8 Å². The number of benzene rings is 9. The van der Waals surface area contributed by atoms with E-state index in [9.17, 15) is 0 Å². The van der Waals surface area contributed by atoms with Crippen molar-refractivity contribution < 1.29 is 4.42 Å². The van der Waals surface area contributed by atoms with Crippen molar-refractivity contribution in [2.75, 3.05) is 4.90 Å². The molecule has 282 valence electrons. The first-order chi connectivity index (χ1) is 29.8. The molecule has 0 amide bonds. The van der Waals surface area contributed by atoms with Crippen molar-refractivity contribution >= 4 is 28.0 Å². The first-order valence-corrected chi connectivity index (χ1v) is 20.8. The summed E-state index contributed by atoms with van der Waals surface area (Å²) in [6, 6.07) is 84.8. The van der Waals surface area contributed by atoms with Crippen LogP contribution in [-0.2, 0) is 10.8 Å². The second-order valence-corrected chi connectivity index (χ2v) is 15.9. The zero-order valence-corrected chi connectivity index (χ0v) is 32.9. The van der Waals surface area contributed by atoms with Gasteiger partial charge in [0, 0.05) is 16.6 Å². The van der Waals surface area contributed by atoms with Gasteiger partial charge in [-0.25, -0.2) is 0 Å². The quantitative estimate of drug-likeness (QED) is 0.161. The van der Waals surface area contributed by atoms with Crippen molar-refractivity contribution in [3.05, 3.63) is 281 Å². The summed E-state index contributed by atoms with van der Waals surface area (Å²) in [6.45, 7) is 0. The highest BCUT2D eigenvalue weighted by Crippen LogP contribution is 2.61. The topological polar surface area (TPSA) is 16.4 Å². The van der Waals surface area contributed by atoms with E-state index in [1.54, 1.807) is 0 Å². The molecule has 0 atom stereocenters. The van der Waals surface area contributed by atoms with Gasteiger partial charge < -0.3 is 9.32 Å². The Bertz CT molecular complexity index is 3120. The molecule has 2 aliphatic rings. The van der Waals surface area contributed by atoms with E-state index in [0.29, 0.717) is 0 Å². The molecule has 2 aliphatic carbocycles. The van der Waals surface area contributed by atoms with Crippen molar-refractivity contribution in [1.82, 2.24) is 0 Å². The minimum atomic E-state index is -0.604. The fourth-order valence-electron chi connectivity index (χ4n) is 10.8. The largest absolute Gasteiger partial charge is 0.464 e. The lowest BCUT2D eigenvalue weighted by Gasteiger charge is -2.38. The Labute approximate surface area is 350 Å². The molecule has 9 aromatic carbocycles. The number of rotatable bonds is 7. The molecular formula is C58H39NO. The van der Waals surface area contributed by atoms with Gasteiger partial charge in [0.1, 0.15) is 5.58 Å². The molecule has 0 N–H and O–H groups in total. The summed E-state index contributed by atoms with van der Waals surface area (Å²) in [5.41, 5.74) is 18.1. The van der Waals surface area contributed by atoms with Crippen LogP contribution >= 0.6 is 0 Å². The smallest absolute Gasteiger partial charge is 0.135 e. The van der Waals surface area contributed by atoms with Crippen LogP contribution in [0.2, 0.25) is 0 Å². The highest BCUT2D eigenvalue weighted by Gasteiger charge is 2.49. The SMILES string of the molecule is c1ccc(C2(c3ccccc3)c3ccccc3-c3cc(N(c4cccc5c4C(c4ccccc4)(c4ccccc4)c4ccccc4-5)c4cccc5occc45)ccc32)cc1. The van der Waals surface area contributed by atoms with Crippen LogP contribution < -0.4 is 4.90 Å². The van der Waals surface area contributed by atoms with Gasteiger partial charge in [-0.15, -0.1) is 0 Å². The van der Waals surface area contributed by atoms with Gasteiger partial charge in [-0.3, -0.25) is 0 Å². The number of fused-ring (bicyclic) bond motifs is 7. The molecule has 0 radical (unpaired) electrons. The lowest BCUT2D eigenvalue weighted by molar-refractivity contribution is 0.616. The van der Waals surface area contributed by atoms with Gasteiger partial charge in [-0.2, -0.15) is 0 Å². The van der Waals surface area contributed by atoms with Gasteiger partial charge in [0.25, 0.3) is 0 Å². The van der Waals surface area contributed by atoms with Crippen LogP contribution in [0.25, 0.3) is 33.2 Å². The molecule has 0 aliphatic heterocycles. The molecule has 0 saturated carbocycles. The van der Waals surface area contributed by atoms with E-state index < -0.39 is 10.8 Å². The number of nitrogens with zero attached hydrogens (tertiary/aromatic N) is 1. The predicted octanol–water partition coefficient (Wildman–Crippen LogP) is 14.6. The van der Waals surface area contributed by atoms with Crippen LogP contribution in [0.5, 0.6) is 0 Å². The van der Waals surface area contributed by atoms with E-state index in [4.69, 9.17) is 4.42 Å². The van der Waals surface area contributed by atoms with Gasteiger partial charge in [0.05, 0.1) is 28.5 Å². The molecule has 0 fully saturated rings. The fraction of sp³-hybridized carbons (Fsp3) is 0.0345. The molecule has 0 saturated heterocycles. The van der Waals surface area contributed by atoms with Crippen molar-refractivity contribution in [3.8, 4) is 22.3 Å². The average molecular weight is 766 g/mol. The summed E-state index contributed by atoms with van der Waals surface area (Å²) in [5.74, 6) is 0. The molecule has 1 aromatic heterocycles. The minimum Gasteiger partial charge on any atom is -0.464 e. The maximum absolute atomic E-state index is 6.12. The number of hydrogen-bond acceptors (Lipinski definition) is 2. The third-order valence-corrected chi connectivity index (χ3v) is 13.1. The van der Waals surface area contributed by atoms with Crippen molar-refractivity contribution in [3.63, 3.8) is 0 Å². The monoisotopic (exact) mass is 765 g/mol. The van der Waals surface area contributed by atoms with Gasteiger partial charge in [0.2, 0.25) is 0 Å². The summed E-state index contributed by atoms with van der Waals surface area (Å²) < 4.78 is 6.12. The molecule has 10 aromatic rings. The Hall–Kier alpha value is -7.68. The second kappa shape index (κ2) is 13.4. The van der Waals surface area contributed by atoms with Crippen molar-refractivity contribution in [2.24, 2.45) is 0 Å². The van der Waals surface area contributed by atoms with Crippen LogP contribution in [-0.4, -0.2) is 0 Å². The van der Waals surface area contributed by atoms with Crippen LogP contribution in [0.15, 0.2) is 241 Å². The third-order valence-electron chi connectivity index (χ3n) is 13.1. The van der Waals surface area contributed by atoms with Crippen LogP contribution in [0.3, 0.4) is 0 Å². The second-order valence-electron chi connectivity index (χ2n) is 15.9. The fourth-order valence-corrected chi connectivity index (χ4v) is 10.8. The molecule has 0 unspecified atom stereocenters. The normalized spacial score (nSPS) is 13.9. The first kappa shape index (κ1) is 34.4. The minimum absolute atomic E-state index is 0.492. The van der Waals surface area contributed by atoms with E-state index in [0.717, 1.165) is 28.0 Å². The Kier molecular flexibility index (Phi) is 7.70. The molecule has 60 heavy (non-hydrogen) atoms. The lowest BCUT2D eigenvalue weighted by atomic mass is 9.67. The first-order valence-electron chi connectivity index (χ1n) is 20.8. The van der Waals surface area contributed by atoms with Crippen LogP contribution in [0.4, 0.5) is 17.1 Å². The number of furan rings is 1. The molecule has 2 heteroatoms. The maximum Gasteiger partial charge on any atom is 0.135 e. The third kappa shape index (κ3) is 4.70.